The van der Waals surface area contributed by atoms with E-state index in [2.05, 4.69) is 30.1 Å². The predicted molar refractivity (Wildman–Crippen MR) is 135 cm³/mol. The van der Waals surface area contributed by atoms with Crippen molar-refractivity contribution in [1.82, 2.24) is 19.9 Å². The van der Waals surface area contributed by atoms with Crippen LogP contribution in [0.15, 0.2) is 48.8 Å². The lowest BCUT2D eigenvalue weighted by molar-refractivity contribution is -0.137. The number of anilines is 4. The van der Waals surface area contributed by atoms with Crippen LogP contribution in [0.25, 0.3) is 11.3 Å². The maximum atomic E-state index is 14.1. The minimum Gasteiger partial charge on any atom is -0.378 e. The number of nitrogens with one attached hydrogen (secondary N) is 1. The molecule has 0 aliphatic carbocycles. The van der Waals surface area contributed by atoms with Crippen LogP contribution in [0.4, 0.5) is 36.3 Å². The molecule has 3 aliphatic heterocycles. The topological polar surface area (TPSA) is 69.7 Å². The third kappa shape index (κ3) is 4.80. The van der Waals surface area contributed by atoms with Crippen molar-refractivity contribution in [3.8, 4) is 11.3 Å². The summed E-state index contributed by atoms with van der Waals surface area (Å²) in [6.45, 7) is 4.34. The Hall–Kier alpha value is -3.44. The summed E-state index contributed by atoms with van der Waals surface area (Å²) in [4.78, 5) is 19.6. The first-order chi connectivity index (χ1) is 17.8. The van der Waals surface area contributed by atoms with Gasteiger partial charge in [0.05, 0.1) is 24.5 Å². The fourth-order valence-corrected chi connectivity index (χ4v) is 5.48. The first-order valence-electron chi connectivity index (χ1n) is 12.4. The Kier molecular flexibility index (Phi) is 6.12. The summed E-state index contributed by atoms with van der Waals surface area (Å²) in [6, 6.07) is 10.4. The third-order valence-electron chi connectivity index (χ3n) is 7.42. The number of halogens is 3. The fourth-order valence-electron chi connectivity index (χ4n) is 5.48. The molecule has 0 amide bonds. The Morgan fingerprint density at radius 3 is 2.51 bits per heavy atom. The second-order valence-electron chi connectivity index (χ2n) is 9.76. The lowest BCUT2D eigenvalue weighted by Gasteiger charge is -2.35. The smallest absolute Gasteiger partial charge is 0.378 e. The first kappa shape index (κ1) is 23.9. The summed E-state index contributed by atoms with van der Waals surface area (Å²) in [7, 11) is 2.03. The van der Waals surface area contributed by atoms with E-state index in [0.717, 1.165) is 43.5 Å². The number of benzene rings is 1. The number of alkyl halides is 3. The number of rotatable bonds is 5. The van der Waals surface area contributed by atoms with E-state index in [4.69, 9.17) is 4.74 Å². The molecular formula is C26H28F3N7O. The molecule has 1 N–H and O–H groups in total. The number of fused-ring (bicyclic) bond motifs is 2. The van der Waals surface area contributed by atoms with Crippen LogP contribution < -0.4 is 15.1 Å². The van der Waals surface area contributed by atoms with Crippen molar-refractivity contribution in [2.45, 2.75) is 24.7 Å². The van der Waals surface area contributed by atoms with Crippen LogP contribution in [0.1, 0.15) is 12.0 Å². The zero-order chi connectivity index (χ0) is 25.6. The van der Waals surface area contributed by atoms with E-state index >= 15 is 0 Å². The number of ether oxygens (including phenoxy) is 1. The maximum absolute atomic E-state index is 14.1. The molecule has 11 heteroatoms. The molecule has 2 aromatic heterocycles. The van der Waals surface area contributed by atoms with Gasteiger partial charge < -0.3 is 19.9 Å². The fraction of sp³-hybridized carbons (Fsp3) is 0.423. The summed E-state index contributed by atoms with van der Waals surface area (Å²) >= 11 is 0. The molecule has 3 saturated heterocycles. The van der Waals surface area contributed by atoms with Crippen molar-refractivity contribution in [1.29, 1.82) is 0 Å². The second-order valence-corrected chi connectivity index (χ2v) is 9.76. The predicted octanol–water partition coefficient (Wildman–Crippen LogP) is 4.03. The van der Waals surface area contributed by atoms with Crippen LogP contribution in [0.3, 0.4) is 0 Å². The molecule has 0 saturated carbocycles. The van der Waals surface area contributed by atoms with E-state index in [9.17, 15) is 13.2 Å². The van der Waals surface area contributed by atoms with Gasteiger partial charge in [-0.15, -0.1) is 0 Å². The highest BCUT2D eigenvalue weighted by Gasteiger charge is 2.44. The van der Waals surface area contributed by atoms with Crippen LogP contribution in [-0.2, 0) is 10.9 Å². The molecule has 6 rings (SSSR count). The Balaban J connectivity index is 1.22. The lowest BCUT2D eigenvalue weighted by atomic mass is 10.1. The highest BCUT2D eigenvalue weighted by Crippen LogP contribution is 2.43. The molecule has 5 heterocycles. The van der Waals surface area contributed by atoms with Crippen LogP contribution >= 0.6 is 0 Å². The van der Waals surface area contributed by atoms with Gasteiger partial charge in [0.1, 0.15) is 5.82 Å². The molecular weight excluding hydrogens is 483 g/mol. The van der Waals surface area contributed by atoms with Crippen molar-refractivity contribution in [2.75, 3.05) is 61.6 Å². The van der Waals surface area contributed by atoms with Crippen molar-refractivity contribution >= 4 is 23.1 Å². The molecule has 0 spiro atoms. The summed E-state index contributed by atoms with van der Waals surface area (Å²) in [6.07, 6.45) is -0.250. The summed E-state index contributed by atoms with van der Waals surface area (Å²) in [5.41, 5.74) is 1.30. The molecule has 1 aromatic carbocycles. The number of pyridine rings is 1. The summed E-state index contributed by atoms with van der Waals surface area (Å²) < 4.78 is 47.6. The highest BCUT2D eigenvalue weighted by molar-refractivity contribution is 5.67. The van der Waals surface area contributed by atoms with E-state index in [-0.39, 0.29) is 23.4 Å². The van der Waals surface area contributed by atoms with Crippen LogP contribution in [0.2, 0.25) is 0 Å². The van der Waals surface area contributed by atoms with Gasteiger partial charge >= 0.3 is 6.18 Å². The van der Waals surface area contributed by atoms with Crippen LogP contribution in [-0.4, -0.2) is 78.4 Å². The van der Waals surface area contributed by atoms with Gasteiger partial charge in [-0.25, -0.2) is 15.0 Å². The van der Waals surface area contributed by atoms with Gasteiger partial charge in [-0.2, -0.15) is 13.2 Å². The molecule has 37 heavy (non-hydrogen) atoms. The minimum absolute atomic E-state index is 0.109. The van der Waals surface area contributed by atoms with Gasteiger partial charge in [0.15, 0.2) is 0 Å². The number of nitrogens with zero attached hydrogens (tertiary/aromatic N) is 6. The van der Waals surface area contributed by atoms with Gasteiger partial charge in [0.25, 0.3) is 0 Å². The molecule has 8 nitrogen and oxygen atoms in total. The number of hydrogen-bond acceptors (Lipinski definition) is 8. The zero-order valence-corrected chi connectivity index (χ0v) is 20.4. The average Bonchev–Trinajstić information content (AvgIpc) is 3.49. The van der Waals surface area contributed by atoms with Gasteiger partial charge in [0, 0.05) is 67.6 Å². The number of aromatic nitrogens is 3. The molecule has 194 valence electrons. The normalized spacial score (nSPS) is 22.1. The van der Waals surface area contributed by atoms with E-state index in [1.807, 2.05) is 24.1 Å². The number of hydrogen-bond donors (Lipinski definition) is 1. The standard InChI is InChI=1S/C26H28F3N7O/c1-34-15-20-13-19(34)16-36(20)23-4-3-18(12-21(23)26(27,28)29)32-25-30-7-6-22(33-25)17-2-5-24(31-14-17)35-8-10-37-11-9-35/h2-7,12,14,19-20H,8-11,13,15-16H2,1H3,(H,30,32,33). The Bertz CT molecular complexity index is 1260. The largest absolute Gasteiger partial charge is 0.418 e. The van der Waals surface area contributed by atoms with Crippen molar-refractivity contribution < 1.29 is 17.9 Å². The van der Waals surface area contributed by atoms with E-state index in [1.165, 1.54) is 0 Å². The highest BCUT2D eigenvalue weighted by atomic mass is 19.4. The second kappa shape index (κ2) is 9.46. The number of likely N-dealkylation sites (tertiary alicyclic amines) is 1. The summed E-state index contributed by atoms with van der Waals surface area (Å²) in [5, 5.41) is 2.96. The number of morpholine rings is 1. The Labute approximate surface area is 213 Å². The number of piperazine rings is 1. The van der Waals surface area contributed by atoms with E-state index in [1.54, 1.807) is 30.6 Å². The minimum atomic E-state index is -4.47. The molecule has 2 unspecified atom stereocenters. The maximum Gasteiger partial charge on any atom is 0.418 e. The van der Waals surface area contributed by atoms with Gasteiger partial charge in [-0.1, -0.05) is 0 Å². The van der Waals surface area contributed by atoms with Crippen molar-refractivity contribution in [3.05, 3.63) is 54.4 Å². The SMILES string of the molecule is CN1CC2CC1CN2c1ccc(Nc2nccc(-c3ccc(N4CCOCC4)nc3)n2)cc1C(F)(F)F. The Morgan fingerprint density at radius 2 is 1.84 bits per heavy atom. The van der Waals surface area contributed by atoms with Crippen molar-refractivity contribution in [3.63, 3.8) is 0 Å². The quantitative estimate of drug-likeness (QED) is 0.551. The molecule has 2 atom stereocenters. The lowest BCUT2D eigenvalue weighted by Crippen LogP contribution is -2.45. The van der Waals surface area contributed by atoms with Crippen LogP contribution in [0, 0.1) is 0 Å². The molecule has 3 aliphatic rings. The third-order valence-corrected chi connectivity index (χ3v) is 7.42. The molecule has 2 bridgehead atoms. The van der Waals surface area contributed by atoms with Gasteiger partial charge in [0.2, 0.25) is 5.95 Å². The molecule has 0 radical (unpaired) electrons. The van der Waals surface area contributed by atoms with Crippen LogP contribution in [0.5, 0.6) is 0 Å². The molecule has 3 aromatic rings. The summed E-state index contributed by atoms with van der Waals surface area (Å²) in [5.74, 6) is 1.09. The van der Waals surface area contributed by atoms with E-state index in [0.29, 0.717) is 31.5 Å². The molecule has 3 fully saturated rings. The average molecular weight is 512 g/mol. The first-order valence-corrected chi connectivity index (χ1v) is 12.4. The Morgan fingerprint density at radius 1 is 1.00 bits per heavy atom. The monoisotopic (exact) mass is 511 g/mol. The zero-order valence-electron chi connectivity index (χ0n) is 20.4. The van der Waals surface area contributed by atoms with E-state index < -0.39 is 11.7 Å². The van der Waals surface area contributed by atoms with Gasteiger partial charge in [-0.05, 0) is 49.9 Å². The van der Waals surface area contributed by atoms with Crippen molar-refractivity contribution in [2.24, 2.45) is 0 Å². The van der Waals surface area contributed by atoms with Gasteiger partial charge in [-0.3, -0.25) is 4.90 Å². The number of likely N-dealkylation sites (N-methyl/N-ethyl adjacent to an activating group) is 1.